The molecule has 0 radical (unpaired) electrons. The molecule has 0 saturated carbocycles. The van der Waals surface area contributed by atoms with Crippen molar-refractivity contribution in [1.82, 2.24) is 0 Å². The number of halogens is 1. The Kier molecular flexibility index (Phi) is 4.84. The Labute approximate surface area is 141 Å². The van der Waals surface area contributed by atoms with Gasteiger partial charge in [-0.3, -0.25) is 0 Å². The number of carbonyl (C=O) groups is 2. The summed E-state index contributed by atoms with van der Waals surface area (Å²) in [5.74, 6) is -1.75. The van der Waals surface area contributed by atoms with Gasteiger partial charge in [-0.05, 0) is 15.9 Å². The van der Waals surface area contributed by atoms with Gasteiger partial charge in [0, 0.05) is 32.2 Å². The average Bonchev–Trinajstić information content (AvgIpc) is 2.45. The lowest BCUT2D eigenvalue weighted by molar-refractivity contribution is -0.222. The van der Waals surface area contributed by atoms with E-state index in [2.05, 4.69) is 21.2 Å². The van der Waals surface area contributed by atoms with E-state index in [1.807, 2.05) is 0 Å². The van der Waals surface area contributed by atoms with E-state index in [0.717, 1.165) is 0 Å². The summed E-state index contributed by atoms with van der Waals surface area (Å²) in [5.41, 5.74) is 0.263. The third-order valence-electron chi connectivity index (χ3n) is 2.96. The molecule has 23 heavy (non-hydrogen) atoms. The van der Waals surface area contributed by atoms with Crippen LogP contribution in [0.4, 0.5) is 5.69 Å². The molecule has 0 bridgehead atoms. The maximum Gasteiger partial charge on any atom is 0.350 e. The van der Waals surface area contributed by atoms with Crippen LogP contribution < -0.4 is 14.8 Å². The first-order valence-electron chi connectivity index (χ1n) is 6.62. The zero-order valence-corrected chi connectivity index (χ0v) is 14.6. The molecule has 0 amide bonds. The van der Waals surface area contributed by atoms with Gasteiger partial charge >= 0.3 is 11.9 Å². The van der Waals surface area contributed by atoms with Gasteiger partial charge in [-0.1, -0.05) is 0 Å². The first kappa shape index (κ1) is 17.1. The molecule has 1 aliphatic rings. The molecule has 8 heteroatoms. The van der Waals surface area contributed by atoms with E-state index in [9.17, 15) is 9.59 Å². The first-order chi connectivity index (χ1) is 10.8. The lowest BCUT2D eigenvalue weighted by atomic mass is 10.2. The van der Waals surface area contributed by atoms with Crippen molar-refractivity contribution in [3.63, 3.8) is 0 Å². The summed E-state index contributed by atoms with van der Waals surface area (Å²) in [6, 6.07) is 3.35. The predicted molar refractivity (Wildman–Crippen MR) is 85.2 cm³/mol. The lowest BCUT2D eigenvalue weighted by Gasteiger charge is -2.29. The van der Waals surface area contributed by atoms with Crippen molar-refractivity contribution in [3.8, 4) is 11.5 Å². The highest BCUT2D eigenvalue weighted by molar-refractivity contribution is 9.10. The molecule has 1 fully saturated rings. The summed E-state index contributed by atoms with van der Waals surface area (Å²) < 4.78 is 21.2. The van der Waals surface area contributed by atoms with Gasteiger partial charge in [0.15, 0.2) is 5.57 Å². The van der Waals surface area contributed by atoms with Crippen LogP contribution in [0.5, 0.6) is 11.5 Å². The zero-order valence-electron chi connectivity index (χ0n) is 13.1. The van der Waals surface area contributed by atoms with E-state index in [0.29, 0.717) is 21.7 Å². The largest absolute Gasteiger partial charge is 0.495 e. The standard InChI is InChI=1S/C15H16BrNO6/c1-15(2)22-13(18)8(14(19)23-15)7-17-10-6-11(20-3)9(16)5-12(10)21-4/h5-7,17H,1-4H3. The molecule has 0 aromatic heterocycles. The molecule has 0 atom stereocenters. The van der Waals surface area contributed by atoms with E-state index in [1.165, 1.54) is 34.3 Å². The number of anilines is 1. The molecule has 7 nitrogen and oxygen atoms in total. The van der Waals surface area contributed by atoms with Crippen LogP contribution in [0.15, 0.2) is 28.4 Å². The summed E-state index contributed by atoms with van der Waals surface area (Å²) in [6.07, 6.45) is 1.21. The van der Waals surface area contributed by atoms with Gasteiger partial charge in [0.1, 0.15) is 11.5 Å². The minimum atomic E-state index is -1.27. The lowest BCUT2D eigenvalue weighted by Crippen LogP contribution is -2.42. The molecule has 0 spiro atoms. The Balaban J connectivity index is 2.29. The van der Waals surface area contributed by atoms with E-state index in [-0.39, 0.29) is 5.57 Å². The monoisotopic (exact) mass is 385 g/mol. The van der Waals surface area contributed by atoms with Gasteiger partial charge in [-0.25, -0.2) is 9.59 Å². The van der Waals surface area contributed by atoms with Gasteiger partial charge in [0.25, 0.3) is 5.79 Å². The maximum absolute atomic E-state index is 11.9. The molecule has 124 valence electrons. The maximum atomic E-state index is 11.9. The van der Waals surface area contributed by atoms with Crippen LogP contribution >= 0.6 is 15.9 Å². The van der Waals surface area contributed by atoms with Crippen molar-refractivity contribution in [3.05, 3.63) is 28.4 Å². The molecule has 0 unspecified atom stereocenters. The van der Waals surface area contributed by atoms with Crippen molar-refractivity contribution in [2.45, 2.75) is 19.6 Å². The van der Waals surface area contributed by atoms with Gasteiger partial charge < -0.3 is 24.3 Å². The smallest absolute Gasteiger partial charge is 0.350 e. The van der Waals surface area contributed by atoms with Crippen LogP contribution in [0.2, 0.25) is 0 Å². The fourth-order valence-corrected chi connectivity index (χ4v) is 2.39. The van der Waals surface area contributed by atoms with Crippen LogP contribution in [0.1, 0.15) is 13.8 Å². The Morgan fingerprint density at radius 1 is 1.09 bits per heavy atom. The summed E-state index contributed by atoms with van der Waals surface area (Å²) in [5, 5.41) is 2.83. The number of rotatable bonds is 4. The van der Waals surface area contributed by atoms with Crippen LogP contribution in [0.25, 0.3) is 0 Å². The number of cyclic esters (lactones) is 2. The van der Waals surface area contributed by atoms with Crippen molar-refractivity contribution in [1.29, 1.82) is 0 Å². The van der Waals surface area contributed by atoms with Gasteiger partial charge in [0.2, 0.25) is 0 Å². The predicted octanol–water partition coefficient (Wildman–Crippen LogP) is 2.60. The minimum absolute atomic E-state index is 0.242. The molecule has 1 aromatic rings. The Bertz CT molecular complexity index is 661. The number of methoxy groups -OCH3 is 2. The number of benzene rings is 1. The number of carbonyl (C=O) groups excluding carboxylic acids is 2. The third-order valence-corrected chi connectivity index (χ3v) is 3.58. The normalized spacial score (nSPS) is 16.3. The molecular weight excluding hydrogens is 370 g/mol. The van der Waals surface area contributed by atoms with Crippen molar-refractivity contribution < 1.29 is 28.5 Å². The minimum Gasteiger partial charge on any atom is -0.495 e. The Morgan fingerprint density at radius 3 is 2.17 bits per heavy atom. The number of hydrogen-bond donors (Lipinski definition) is 1. The summed E-state index contributed by atoms with van der Waals surface area (Å²) in [6.45, 7) is 2.96. The number of ether oxygens (including phenoxy) is 4. The highest BCUT2D eigenvalue weighted by atomic mass is 79.9. The van der Waals surface area contributed by atoms with E-state index >= 15 is 0 Å². The molecule has 0 aliphatic carbocycles. The van der Waals surface area contributed by atoms with Crippen LogP contribution in [-0.2, 0) is 19.1 Å². The van der Waals surface area contributed by atoms with Crippen LogP contribution in [-0.4, -0.2) is 31.9 Å². The second kappa shape index (κ2) is 6.49. The quantitative estimate of drug-likeness (QED) is 0.484. The molecule has 1 N–H and O–H groups in total. The molecule has 1 heterocycles. The topological polar surface area (TPSA) is 83.1 Å². The van der Waals surface area contributed by atoms with Gasteiger partial charge in [0.05, 0.1) is 24.4 Å². The SMILES string of the molecule is COc1cc(NC=C2C(=O)OC(C)(C)OC2=O)c(OC)cc1Br. The fraction of sp³-hybridized carbons (Fsp3) is 0.333. The Hall–Kier alpha value is -2.22. The van der Waals surface area contributed by atoms with E-state index in [1.54, 1.807) is 12.1 Å². The number of esters is 2. The second-order valence-electron chi connectivity index (χ2n) is 5.07. The van der Waals surface area contributed by atoms with Crippen molar-refractivity contribution in [2.75, 3.05) is 19.5 Å². The molecular formula is C15H16BrNO6. The van der Waals surface area contributed by atoms with Gasteiger partial charge in [-0.2, -0.15) is 0 Å². The Morgan fingerprint density at radius 2 is 1.65 bits per heavy atom. The van der Waals surface area contributed by atoms with Gasteiger partial charge in [-0.15, -0.1) is 0 Å². The van der Waals surface area contributed by atoms with Crippen molar-refractivity contribution in [2.24, 2.45) is 0 Å². The molecule has 2 rings (SSSR count). The van der Waals surface area contributed by atoms with E-state index < -0.39 is 17.7 Å². The fourth-order valence-electron chi connectivity index (χ4n) is 1.90. The molecule has 1 aliphatic heterocycles. The van der Waals surface area contributed by atoms with E-state index in [4.69, 9.17) is 18.9 Å². The highest BCUT2D eigenvalue weighted by Crippen LogP contribution is 2.36. The second-order valence-corrected chi connectivity index (χ2v) is 5.92. The summed E-state index contributed by atoms with van der Waals surface area (Å²) in [4.78, 5) is 23.8. The summed E-state index contributed by atoms with van der Waals surface area (Å²) >= 11 is 3.35. The number of nitrogens with one attached hydrogen (secondary N) is 1. The first-order valence-corrected chi connectivity index (χ1v) is 7.41. The highest BCUT2D eigenvalue weighted by Gasteiger charge is 2.39. The summed E-state index contributed by atoms with van der Waals surface area (Å²) in [7, 11) is 3.02. The average molecular weight is 386 g/mol. The van der Waals surface area contributed by atoms with Crippen LogP contribution in [0.3, 0.4) is 0 Å². The zero-order chi connectivity index (χ0) is 17.2. The van der Waals surface area contributed by atoms with Crippen molar-refractivity contribution >= 4 is 33.6 Å². The molecule has 1 saturated heterocycles. The third kappa shape index (κ3) is 3.76. The number of hydrogen-bond acceptors (Lipinski definition) is 7. The molecule has 1 aromatic carbocycles. The van der Waals surface area contributed by atoms with Crippen LogP contribution in [0, 0.1) is 0 Å².